The molecule has 0 heterocycles. The minimum Gasteiger partial charge on any atom is -0.489 e. The quantitative estimate of drug-likeness (QED) is 0.847. The molecule has 2 rings (SSSR count). The van der Waals surface area contributed by atoms with Gasteiger partial charge < -0.3 is 14.7 Å². The fourth-order valence-electron chi connectivity index (χ4n) is 2.12. The number of nitrogens with zero attached hydrogens (tertiary/aromatic N) is 1. The summed E-state index contributed by atoms with van der Waals surface area (Å²) in [4.78, 5) is 13.5. The zero-order valence-corrected chi connectivity index (χ0v) is 13.8. The van der Waals surface area contributed by atoms with Gasteiger partial charge >= 0.3 is 0 Å². The second-order valence-corrected chi connectivity index (χ2v) is 5.72. The molecule has 2 aromatic carbocycles. The Morgan fingerprint density at radius 1 is 1.17 bits per heavy atom. The molecule has 0 radical (unpaired) electrons. The number of hydrogen-bond acceptors (Lipinski definition) is 3. The molecule has 0 atom stereocenters. The summed E-state index contributed by atoms with van der Waals surface area (Å²) in [5, 5.41) is 9.55. The summed E-state index contributed by atoms with van der Waals surface area (Å²) in [5.74, 6) is 0.672. The largest absolute Gasteiger partial charge is 0.489 e. The van der Waals surface area contributed by atoms with E-state index in [9.17, 15) is 4.79 Å². The van der Waals surface area contributed by atoms with Crippen molar-refractivity contribution in [1.29, 1.82) is 0 Å². The van der Waals surface area contributed by atoms with Crippen LogP contribution >= 0.6 is 11.6 Å². The van der Waals surface area contributed by atoms with Crippen molar-refractivity contribution in [3.05, 3.63) is 64.7 Å². The lowest BCUT2D eigenvalue weighted by molar-refractivity contribution is -0.129. The van der Waals surface area contributed by atoms with Crippen LogP contribution in [0.1, 0.15) is 11.1 Å². The molecule has 5 heteroatoms. The zero-order chi connectivity index (χ0) is 16.7. The van der Waals surface area contributed by atoms with E-state index in [1.807, 2.05) is 48.5 Å². The van der Waals surface area contributed by atoms with Gasteiger partial charge in [0, 0.05) is 18.6 Å². The van der Waals surface area contributed by atoms with E-state index in [1.54, 1.807) is 7.05 Å². The van der Waals surface area contributed by atoms with Gasteiger partial charge in [0.25, 0.3) is 0 Å². The third kappa shape index (κ3) is 5.58. The van der Waals surface area contributed by atoms with Crippen LogP contribution in [0.5, 0.6) is 5.75 Å². The molecule has 0 bridgehead atoms. The summed E-state index contributed by atoms with van der Waals surface area (Å²) < 4.78 is 5.75. The molecule has 2 aromatic rings. The molecule has 0 fully saturated rings. The van der Waals surface area contributed by atoms with E-state index in [1.165, 1.54) is 4.90 Å². The standard InChI is InChI=1S/C18H20ClNO3/c1-20(8-9-21)18(22)12-14-4-3-7-17(11-14)23-13-15-5-2-6-16(19)10-15/h2-7,10-11,21H,8-9,12-13H2,1H3. The van der Waals surface area contributed by atoms with E-state index in [4.69, 9.17) is 21.4 Å². The summed E-state index contributed by atoms with van der Waals surface area (Å²) in [7, 11) is 1.68. The van der Waals surface area contributed by atoms with Crippen LogP contribution in [0.3, 0.4) is 0 Å². The number of rotatable bonds is 7. The third-order valence-electron chi connectivity index (χ3n) is 3.41. The summed E-state index contributed by atoms with van der Waals surface area (Å²) >= 11 is 5.95. The summed E-state index contributed by atoms with van der Waals surface area (Å²) in [5.41, 5.74) is 1.87. The highest BCUT2D eigenvalue weighted by Crippen LogP contribution is 2.17. The van der Waals surface area contributed by atoms with E-state index in [-0.39, 0.29) is 18.9 Å². The Kier molecular flexibility index (Phi) is 6.44. The van der Waals surface area contributed by atoms with Crippen LogP contribution < -0.4 is 4.74 Å². The Bertz CT molecular complexity index is 660. The lowest BCUT2D eigenvalue weighted by Gasteiger charge is -2.16. The predicted molar refractivity (Wildman–Crippen MR) is 90.7 cm³/mol. The topological polar surface area (TPSA) is 49.8 Å². The zero-order valence-electron chi connectivity index (χ0n) is 13.0. The maximum atomic E-state index is 12.0. The van der Waals surface area contributed by atoms with Gasteiger partial charge in [-0.25, -0.2) is 0 Å². The molecule has 0 aliphatic rings. The molecule has 1 amide bonds. The van der Waals surface area contributed by atoms with Crippen molar-refractivity contribution in [3.63, 3.8) is 0 Å². The lowest BCUT2D eigenvalue weighted by atomic mass is 10.1. The number of amides is 1. The van der Waals surface area contributed by atoms with Gasteiger partial charge in [0.1, 0.15) is 12.4 Å². The summed E-state index contributed by atoms with van der Waals surface area (Å²) in [6.07, 6.45) is 0.283. The minimum absolute atomic E-state index is 0.0361. The summed E-state index contributed by atoms with van der Waals surface area (Å²) in [6, 6.07) is 15.0. The second-order valence-electron chi connectivity index (χ2n) is 5.28. The van der Waals surface area contributed by atoms with Crippen molar-refractivity contribution in [2.45, 2.75) is 13.0 Å². The van der Waals surface area contributed by atoms with E-state index in [2.05, 4.69) is 0 Å². The van der Waals surface area contributed by atoms with Gasteiger partial charge in [-0.1, -0.05) is 35.9 Å². The average Bonchev–Trinajstić information content (AvgIpc) is 2.53. The number of aliphatic hydroxyl groups excluding tert-OH is 1. The van der Waals surface area contributed by atoms with Crippen LogP contribution in [0.4, 0.5) is 0 Å². The smallest absolute Gasteiger partial charge is 0.226 e. The Labute approximate surface area is 141 Å². The maximum Gasteiger partial charge on any atom is 0.226 e. The molecule has 0 spiro atoms. The second kappa shape index (κ2) is 8.56. The lowest BCUT2D eigenvalue weighted by Crippen LogP contribution is -2.30. The predicted octanol–water partition coefficient (Wildman–Crippen LogP) is 2.91. The van der Waals surface area contributed by atoms with E-state index < -0.39 is 0 Å². The number of ether oxygens (including phenoxy) is 1. The van der Waals surface area contributed by atoms with Crippen LogP contribution in [0.2, 0.25) is 5.02 Å². The summed E-state index contributed by atoms with van der Waals surface area (Å²) in [6.45, 7) is 0.719. The maximum absolute atomic E-state index is 12.0. The highest BCUT2D eigenvalue weighted by molar-refractivity contribution is 6.30. The Hall–Kier alpha value is -2.04. The van der Waals surface area contributed by atoms with E-state index in [0.29, 0.717) is 23.9 Å². The van der Waals surface area contributed by atoms with Crippen LogP contribution in [0, 0.1) is 0 Å². The molecule has 122 valence electrons. The highest BCUT2D eigenvalue weighted by Gasteiger charge is 2.09. The van der Waals surface area contributed by atoms with E-state index >= 15 is 0 Å². The Morgan fingerprint density at radius 2 is 1.91 bits per heavy atom. The number of likely N-dealkylation sites (N-methyl/N-ethyl adjacent to an activating group) is 1. The van der Waals surface area contributed by atoms with Crippen molar-refractivity contribution in [2.24, 2.45) is 0 Å². The first-order chi connectivity index (χ1) is 11.1. The normalized spacial score (nSPS) is 10.4. The van der Waals surface area contributed by atoms with Gasteiger partial charge in [-0.05, 0) is 35.4 Å². The van der Waals surface area contributed by atoms with Crippen LogP contribution in [0.15, 0.2) is 48.5 Å². The van der Waals surface area contributed by atoms with Gasteiger partial charge in [0.15, 0.2) is 0 Å². The van der Waals surface area contributed by atoms with Crippen molar-refractivity contribution in [1.82, 2.24) is 4.90 Å². The number of carbonyl (C=O) groups excluding carboxylic acids is 1. The molecule has 0 unspecified atom stereocenters. The minimum atomic E-state index is -0.0367. The van der Waals surface area contributed by atoms with Gasteiger partial charge in [0.2, 0.25) is 5.91 Å². The molecule has 23 heavy (non-hydrogen) atoms. The molecule has 0 saturated heterocycles. The molecule has 0 aliphatic carbocycles. The van der Waals surface area contributed by atoms with Gasteiger partial charge in [0.05, 0.1) is 13.0 Å². The number of aliphatic hydroxyl groups is 1. The molecule has 0 saturated carbocycles. The number of halogens is 1. The highest BCUT2D eigenvalue weighted by atomic mass is 35.5. The third-order valence-corrected chi connectivity index (χ3v) is 3.64. The first-order valence-corrected chi connectivity index (χ1v) is 7.77. The van der Waals surface area contributed by atoms with Crippen LogP contribution in [0.25, 0.3) is 0 Å². The van der Waals surface area contributed by atoms with E-state index in [0.717, 1.165) is 11.1 Å². The van der Waals surface area contributed by atoms with Gasteiger partial charge in [-0.2, -0.15) is 0 Å². The molecule has 1 N–H and O–H groups in total. The van der Waals surface area contributed by atoms with Crippen molar-refractivity contribution >= 4 is 17.5 Å². The van der Waals surface area contributed by atoms with Gasteiger partial charge in [-0.3, -0.25) is 4.79 Å². The van der Waals surface area contributed by atoms with Crippen LogP contribution in [-0.4, -0.2) is 36.1 Å². The fourth-order valence-corrected chi connectivity index (χ4v) is 2.34. The fraction of sp³-hybridized carbons (Fsp3) is 0.278. The van der Waals surface area contributed by atoms with Crippen molar-refractivity contribution in [3.8, 4) is 5.75 Å². The molecule has 0 aliphatic heterocycles. The van der Waals surface area contributed by atoms with Gasteiger partial charge in [-0.15, -0.1) is 0 Å². The van der Waals surface area contributed by atoms with Crippen LogP contribution in [-0.2, 0) is 17.8 Å². The molecule has 0 aromatic heterocycles. The monoisotopic (exact) mass is 333 g/mol. The first-order valence-electron chi connectivity index (χ1n) is 7.39. The molecular formula is C18H20ClNO3. The number of carbonyl (C=O) groups is 1. The SMILES string of the molecule is CN(CCO)C(=O)Cc1cccc(OCc2cccc(Cl)c2)c1. The number of benzene rings is 2. The first kappa shape index (κ1) is 17.3. The molecular weight excluding hydrogens is 314 g/mol. The Balaban J connectivity index is 1.95. The molecule has 4 nitrogen and oxygen atoms in total. The Morgan fingerprint density at radius 3 is 2.65 bits per heavy atom. The number of hydrogen-bond donors (Lipinski definition) is 1. The van der Waals surface area contributed by atoms with Crippen molar-refractivity contribution < 1.29 is 14.6 Å². The van der Waals surface area contributed by atoms with Crippen molar-refractivity contribution in [2.75, 3.05) is 20.2 Å². The average molecular weight is 334 g/mol.